The average Bonchev–Trinajstić information content (AvgIpc) is 2.93. The van der Waals surface area contributed by atoms with Gasteiger partial charge in [-0.2, -0.15) is 0 Å². The first kappa shape index (κ1) is 19.2. The van der Waals surface area contributed by atoms with Crippen LogP contribution in [0.3, 0.4) is 0 Å². The maximum atomic E-state index is 11.8. The van der Waals surface area contributed by atoms with Gasteiger partial charge in [0.25, 0.3) is 11.1 Å². The van der Waals surface area contributed by atoms with Crippen molar-refractivity contribution in [3.8, 4) is 11.1 Å². The van der Waals surface area contributed by atoms with Crippen molar-refractivity contribution in [3.63, 3.8) is 0 Å². The minimum Gasteiger partial charge on any atom is -0.385 e. The van der Waals surface area contributed by atoms with Crippen molar-refractivity contribution >= 4 is 34.7 Å². The SMILES string of the molecule is Cc1cc(-c2ccc(NCC(C)C)cc2)c(C)cc1C=C1SC(=O)NC1=O. The molecule has 1 aliphatic heterocycles. The van der Waals surface area contributed by atoms with Gasteiger partial charge in [0.2, 0.25) is 0 Å². The minimum atomic E-state index is -0.324. The van der Waals surface area contributed by atoms with Crippen molar-refractivity contribution < 1.29 is 9.59 Å². The molecule has 1 aliphatic rings. The highest BCUT2D eigenvalue weighted by Gasteiger charge is 2.25. The molecule has 0 radical (unpaired) electrons. The van der Waals surface area contributed by atoms with E-state index in [2.05, 4.69) is 67.8 Å². The van der Waals surface area contributed by atoms with Crippen molar-refractivity contribution in [2.45, 2.75) is 27.7 Å². The highest BCUT2D eigenvalue weighted by Crippen LogP contribution is 2.31. The minimum absolute atomic E-state index is 0.316. The number of imide groups is 1. The largest absolute Gasteiger partial charge is 0.385 e. The van der Waals surface area contributed by atoms with E-state index in [9.17, 15) is 9.59 Å². The second-order valence-electron chi connectivity index (χ2n) is 7.23. The number of thioether (sulfide) groups is 1. The molecule has 0 bridgehead atoms. The summed E-state index contributed by atoms with van der Waals surface area (Å²) >= 11 is 0.946. The van der Waals surface area contributed by atoms with Crippen LogP contribution in [0.1, 0.15) is 30.5 Å². The number of anilines is 1. The highest BCUT2D eigenvalue weighted by atomic mass is 32.2. The first-order valence-corrected chi connectivity index (χ1v) is 9.85. The summed E-state index contributed by atoms with van der Waals surface area (Å²) in [4.78, 5) is 23.6. The Bertz CT molecular complexity index is 915. The molecule has 0 unspecified atom stereocenters. The Morgan fingerprint density at radius 2 is 1.78 bits per heavy atom. The first-order valence-electron chi connectivity index (χ1n) is 9.04. The van der Waals surface area contributed by atoms with Crippen LogP contribution in [0.5, 0.6) is 0 Å². The average molecular weight is 381 g/mol. The summed E-state index contributed by atoms with van der Waals surface area (Å²) in [5, 5.41) is 5.41. The van der Waals surface area contributed by atoms with Crippen LogP contribution >= 0.6 is 11.8 Å². The van der Waals surface area contributed by atoms with Crippen molar-refractivity contribution in [1.29, 1.82) is 0 Å². The molecule has 0 aliphatic carbocycles. The molecule has 1 heterocycles. The molecule has 0 saturated carbocycles. The first-order chi connectivity index (χ1) is 12.8. The van der Waals surface area contributed by atoms with Crippen molar-refractivity contribution in [2.75, 3.05) is 11.9 Å². The molecule has 2 amide bonds. The van der Waals surface area contributed by atoms with Crippen LogP contribution in [-0.4, -0.2) is 17.7 Å². The number of benzene rings is 2. The lowest BCUT2D eigenvalue weighted by molar-refractivity contribution is -0.115. The van der Waals surface area contributed by atoms with Crippen LogP contribution in [0.2, 0.25) is 0 Å². The molecule has 1 saturated heterocycles. The third-order valence-corrected chi connectivity index (χ3v) is 5.26. The normalized spacial score (nSPS) is 15.5. The molecule has 2 aromatic rings. The van der Waals surface area contributed by atoms with E-state index in [0.29, 0.717) is 10.8 Å². The van der Waals surface area contributed by atoms with Gasteiger partial charge in [-0.3, -0.25) is 14.9 Å². The fourth-order valence-corrected chi connectivity index (χ4v) is 3.63. The zero-order valence-electron chi connectivity index (χ0n) is 16.1. The Balaban J connectivity index is 1.86. The molecule has 2 aromatic carbocycles. The summed E-state index contributed by atoms with van der Waals surface area (Å²) in [6.07, 6.45) is 1.79. The van der Waals surface area contributed by atoms with E-state index in [1.54, 1.807) is 6.08 Å². The quantitative estimate of drug-likeness (QED) is 0.686. The summed E-state index contributed by atoms with van der Waals surface area (Å²) < 4.78 is 0. The number of carbonyl (C=O) groups excluding carboxylic acids is 2. The number of hydrogen-bond acceptors (Lipinski definition) is 4. The maximum absolute atomic E-state index is 11.8. The molecule has 3 rings (SSSR count). The van der Waals surface area contributed by atoms with Crippen molar-refractivity contribution in [2.24, 2.45) is 5.92 Å². The van der Waals surface area contributed by atoms with Crippen LogP contribution in [0.15, 0.2) is 41.3 Å². The van der Waals surface area contributed by atoms with Gasteiger partial charge in [-0.05, 0) is 77.6 Å². The second-order valence-corrected chi connectivity index (χ2v) is 8.24. The molecular weight excluding hydrogens is 356 g/mol. The number of carbonyl (C=O) groups is 2. The number of hydrogen-bond donors (Lipinski definition) is 2. The smallest absolute Gasteiger partial charge is 0.290 e. The van der Waals surface area contributed by atoms with Gasteiger partial charge in [0, 0.05) is 12.2 Å². The van der Waals surface area contributed by atoms with Gasteiger partial charge < -0.3 is 5.32 Å². The lowest BCUT2D eigenvalue weighted by Crippen LogP contribution is -2.17. The number of amides is 2. The van der Waals surface area contributed by atoms with E-state index in [-0.39, 0.29) is 11.1 Å². The lowest BCUT2D eigenvalue weighted by atomic mass is 9.94. The van der Waals surface area contributed by atoms with Crippen LogP contribution in [0.4, 0.5) is 10.5 Å². The van der Waals surface area contributed by atoms with Crippen LogP contribution < -0.4 is 10.6 Å². The summed E-state index contributed by atoms with van der Waals surface area (Å²) in [6, 6.07) is 12.7. The Hall–Kier alpha value is -2.53. The van der Waals surface area contributed by atoms with Crippen molar-refractivity contribution in [1.82, 2.24) is 5.32 Å². The molecule has 2 N–H and O–H groups in total. The molecule has 1 fully saturated rings. The molecule has 0 atom stereocenters. The van der Waals surface area contributed by atoms with Gasteiger partial charge >= 0.3 is 0 Å². The van der Waals surface area contributed by atoms with Gasteiger partial charge in [-0.15, -0.1) is 0 Å². The maximum Gasteiger partial charge on any atom is 0.290 e. The summed E-state index contributed by atoms with van der Waals surface area (Å²) in [5.74, 6) is 0.280. The van der Waals surface area contributed by atoms with E-state index in [4.69, 9.17) is 0 Å². The van der Waals surface area contributed by atoms with Crippen molar-refractivity contribution in [3.05, 3.63) is 58.0 Å². The molecule has 27 heavy (non-hydrogen) atoms. The van der Waals surface area contributed by atoms with Gasteiger partial charge in [0.05, 0.1) is 4.91 Å². The summed E-state index contributed by atoms with van der Waals surface area (Å²) in [6.45, 7) is 9.42. The Morgan fingerprint density at radius 3 is 2.37 bits per heavy atom. The highest BCUT2D eigenvalue weighted by molar-refractivity contribution is 8.18. The summed E-state index contributed by atoms with van der Waals surface area (Å²) in [5.41, 5.74) is 6.61. The predicted molar refractivity (Wildman–Crippen MR) is 114 cm³/mol. The van der Waals surface area contributed by atoms with E-state index < -0.39 is 0 Å². The number of rotatable bonds is 5. The third-order valence-electron chi connectivity index (χ3n) is 4.45. The zero-order valence-corrected chi connectivity index (χ0v) is 16.9. The van der Waals surface area contributed by atoms with Crippen LogP contribution in [0.25, 0.3) is 17.2 Å². The van der Waals surface area contributed by atoms with E-state index in [1.807, 2.05) is 6.92 Å². The lowest BCUT2D eigenvalue weighted by Gasteiger charge is -2.13. The Labute approximate surface area is 164 Å². The van der Waals surface area contributed by atoms with Gasteiger partial charge in [0.1, 0.15) is 0 Å². The third kappa shape index (κ3) is 4.61. The predicted octanol–water partition coefficient (Wildman–Crippen LogP) is 5.36. The molecule has 0 aromatic heterocycles. The molecule has 4 nitrogen and oxygen atoms in total. The number of aryl methyl sites for hydroxylation is 2. The molecule has 140 valence electrons. The monoisotopic (exact) mass is 380 g/mol. The van der Waals surface area contributed by atoms with E-state index in [1.165, 1.54) is 5.56 Å². The molecule has 5 heteroatoms. The zero-order chi connectivity index (χ0) is 19.6. The topological polar surface area (TPSA) is 58.2 Å². The standard InChI is InChI=1S/C22H24N2O2S/c1-13(2)12-23-18-7-5-16(6-8-18)19-10-14(3)17(9-15(19)4)11-20-21(25)24-22(26)27-20/h5-11,13,23H,12H2,1-4H3,(H,24,25,26). The molecular formula is C22H24N2O2S. The molecule has 0 spiro atoms. The van der Waals surface area contributed by atoms with Gasteiger partial charge in [-0.25, -0.2) is 0 Å². The van der Waals surface area contributed by atoms with Crippen LogP contribution in [-0.2, 0) is 4.79 Å². The Morgan fingerprint density at radius 1 is 1.07 bits per heavy atom. The fourth-order valence-electron chi connectivity index (χ4n) is 2.96. The van der Waals surface area contributed by atoms with E-state index in [0.717, 1.165) is 46.2 Å². The Kier molecular flexibility index (Phi) is 5.71. The number of nitrogens with one attached hydrogen (secondary N) is 2. The van der Waals surface area contributed by atoms with E-state index >= 15 is 0 Å². The van der Waals surface area contributed by atoms with Gasteiger partial charge in [-0.1, -0.05) is 38.1 Å². The summed E-state index contributed by atoms with van der Waals surface area (Å²) in [7, 11) is 0. The second kappa shape index (κ2) is 8.01. The van der Waals surface area contributed by atoms with Crippen LogP contribution in [0, 0.1) is 19.8 Å². The van der Waals surface area contributed by atoms with Gasteiger partial charge in [0.15, 0.2) is 0 Å². The fraction of sp³-hybridized carbons (Fsp3) is 0.273.